The highest BCUT2D eigenvalue weighted by atomic mass is 16.3. The van der Waals surface area contributed by atoms with E-state index in [4.69, 9.17) is 0 Å². The monoisotopic (exact) mass is 253 g/mol. The molecule has 0 aromatic carbocycles. The topological polar surface area (TPSA) is 49.3 Å². The molecular formula is C15H27NO2. The van der Waals surface area contributed by atoms with Crippen LogP contribution in [0.1, 0.15) is 46.5 Å². The van der Waals surface area contributed by atoms with Gasteiger partial charge in [-0.1, -0.05) is 45.1 Å². The molecule has 0 spiro atoms. The Morgan fingerprint density at radius 3 is 2.56 bits per heavy atom. The van der Waals surface area contributed by atoms with E-state index in [2.05, 4.69) is 18.3 Å². The minimum Gasteiger partial charge on any atom is -0.393 e. The third-order valence-electron chi connectivity index (χ3n) is 2.41. The van der Waals surface area contributed by atoms with Crippen LogP contribution < -0.4 is 5.32 Å². The van der Waals surface area contributed by atoms with Crippen LogP contribution in [0.5, 0.6) is 0 Å². The first-order valence-electron chi connectivity index (χ1n) is 6.82. The zero-order valence-corrected chi connectivity index (χ0v) is 11.9. The highest BCUT2D eigenvalue weighted by molar-refractivity contribution is 5.76. The molecule has 0 aromatic rings. The van der Waals surface area contributed by atoms with Gasteiger partial charge >= 0.3 is 0 Å². The molecule has 0 saturated carbocycles. The molecule has 0 bridgehead atoms. The van der Waals surface area contributed by atoms with E-state index in [9.17, 15) is 9.90 Å². The molecule has 1 atom stereocenters. The highest BCUT2D eigenvalue weighted by Crippen LogP contribution is 2.03. The van der Waals surface area contributed by atoms with Gasteiger partial charge in [0.2, 0.25) is 5.91 Å². The van der Waals surface area contributed by atoms with Crippen LogP contribution >= 0.6 is 0 Å². The standard InChI is InChI=1S/C15H27NO2/c1-4-5-6-7-8-9-10-14(17)11-15(18)16-12-13(2)3/h5-8,13-14,17H,4,9-12H2,1-3H3,(H,16,18)/b6-5+,8-7-. The lowest BCUT2D eigenvalue weighted by molar-refractivity contribution is -0.123. The van der Waals surface area contributed by atoms with E-state index in [0.29, 0.717) is 18.9 Å². The zero-order valence-electron chi connectivity index (χ0n) is 11.9. The molecule has 0 rings (SSSR count). The molecule has 0 aliphatic heterocycles. The maximum Gasteiger partial charge on any atom is 0.222 e. The molecule has 0 saturated heterocycles. The van der Waals surface area contributed by atoms with Crippen LogP contribution in [-0.4, -0.2) is 23.7 Å². The van der Waals surface area contributed by atoms with Gasteiger partial charge in [0.05, 0.1) is 12.5 Å². The van der Waals surface area contributed by atoms with E-state index < -0.39 is 6.10 Å². The zero-order chi connectivity index (χ0) is 13.8. The van der Waals surface area contributed by atoms with Gasteiger partial charge in [-0.25, -0.2) is 0 Å². The van der Waals surface area contributed by atoms with E-state index >= 15 is 0 Å². The van der Waals surface area contributed by atoms with Gasteiger partial charge in [0.15, 0.2) is 0 Å². The average molecular weight is 253 g/mol. The summed E-state index contributed by atoms with van der Waals surface area (Å²) in [7, 11) is 0. The summed E-state index contributed by atoms with van der Waals surface area (Å²) < 4.78 is 0. The van der Waals surface area contributed by atoms with E-state index in [1.165, 1.54) is 0 Å². The smallest absolute Gasteiger partial charge is 0.222 e. The summed E-state index contributed by atoms with van der Waals surface area (Å²) in [6, 6.07) is 0. The van der Waals surface area contributed by atoms with Crippen molar-refractivity contribution < 1.29 is 9.90 Å². The second kappa shape index (κ2) is 11.0. The minimum absolute atomic E-state index is 0.0638. The van der Waals surface area contributed by atoms with Crippen LogP contribution in [0.25, 0.3) is 0 Å². The van der Waals surface area contributed by atoms with Crippen molar-refractivity contribution in [2.75, 3.05) is 6.54 Å². The normalized spacial score (nSPS) is 13.6. The first-order valence-corrected chi connectivity index (χ1v) is 6.82. The lowest BCUT2D eigenvalue weighted by atomic mass is 10.1. The SMILES string of the molecule is CC/C=C/C=C\CCC(O)CC(=O)NCC(C)C. The van der Waals surface area contributed by atoms with E-state index in [1.54, 1.807) is 0 Å². The molecule has 2 N–H and O–H groups in total. The Kier molecular flexibility index (Phi) is 10.4. The van der Waals surface area contributed by atoms with Gasteiger partial charge in [-0.15, -0.1) is 0 Å². The minimum atomic E-state index is -0.544. The Labute approximate surface area is 111 Å². The second-order valence-electron chi connectivity index (χ2n) is 4.90. The Hall–Kier alpha value is -1.09. The fraction of sp³-hybridized carbons (Fsp3) is 0.667. The summed E-state index contributed by atoms with van der Waals surface area (Å²) in [6.45, 7) is 6.85. The van der Waals surface area contributed by atoms with E-state index in [-0.39, 0.29) is 12.3 Å². The average Bonchev–Trinajstić information content (AvgIpc) is 2.31. The molecule has 1 unspecified atom stereocenters. The number of carbonyl (C=O) groups is 1. The predicted molar refractivity (Wildman–Crippen MR) is 76.3 cm³/mol. The maximum absolute atomic E-state index is 11.4. The number of hydrogen-bond acceptors (Lipinski definition) is 2. The molecule has 0 heterocycles. The van der Waals surface area contributed by atoms with Crippen molar-refractivity contribution in [2.45, 2.75) is 52.6 Å². The van der Waals surface area contributed by atoms with Gasteiger partial charge in [-0.3, -0.25) is 4.79 Å². The van der Waals surface area contributed by atoms with Gasteiger partial charge in [0.25, 0.3) is 0 Å². The van der Waals surface area contributed by atoms with Crippen LogP contribution in [0, 0.1) is 5.92 Å². The highest BCUT2D eigenvalue weighted by Gasteiger charge is 2.09. The largest absolute Gasteiger partial charge is 0.393 e. The van der Waals surface area contributed by atoms with E-state index in [1.807, 2.05) is 32.1 Å². The lowest BCUT2D eigenvalue weighted by Gasteiger charge is -2.11. The summed E-state index contributed by atoms with van der Waals surface area (Å²) in [4.78, 5) is 11.4. The van der Waals surface area contributed by atoms with Crippen molar-refractivity contribution in [3.63, 3.8) is 0 Å². The lowest BCUT2D eigenvalue weighted by Crippen LogP contribution is -2.30. The number of aliphatic hydroxyl groups excluding tert-OH is 1. The van der Waals surface area contributed by atoms with Crippen LogP contribution in [-0.2, 0) is 4.79 Å². The van der Waals surface area contributed by atoms with Crippen LogP contribution in [0.2, 0.25) is 0 Å². The fourth-order valence-electron chi connectivity index (χ4n) is 1.38. The van der Waals surface area contributed by atoms with Gasteiger partial charge < -0.3 is 10.4 Å². The fourth-order valence-corrected chi connectivity index (χ4v) is 1.38. The maximum atomic E-state index is 11.4. The van der Waals surface area contributed by atoms with Crippen molar-refractivity contribution in [1.82, 2.24) is 5.32 Å². The molecule has 0 aliphatic rings. The number of aliphatic hydroxyl groups is 1. The third kappa shape index (κ3) is 11.4. The molecule has 1 amide bonds. The second-order valence-corrected chi connectivity index (χ2v) is 4.90. The number of nitrogens with one attached hydrogen (secondary N) is 1. The van der Waals surface area contributed by atoms with Gasteiger partial charge in [-0.2, -0.15) is 0 Å². The molecule has 0 aliphatic carbocycles. The Bertz CT molecular complexity index is 270. The number of amides is 1. The Morgan fingerprint density at radius 1 is 1.28 bits per heavy atom. The summed E-state index contributed by atoms with van der Waals surface area (Å²) in [5, 5.41) is 12.5. The van der Waals surface area contributed by atoms with Crippen LogP contribution in [0.3, 0.4) is 0 Å². The summed E-state index contributed by atoms with van der Waals surface area (Å²) in [5.74, 6) is 0.380. The van der Waals surface area contributed by atoms with Crippen LogP contribution in [0.15, 0.2) is 24.3 Å². The molecule has 0 fully saturated rings. The van der Waals surface area contributed by atoms with Crippen molar-refractivity contribution in [3.05, 3.63) is 24.3 Å². The van der Waals surface area contributed by atoms with Crippen molar-refractivity contribution >= 4 is 5.91 Å². The number of rotatable bonds is 9. The van der Waals surface area contributed by atoms with Crippen LogP contribution in [0.4, 0.5) is 0 Å². The molecule has 18 heavy (non-hydrogen) atoms. The summed E-state index contributed by atoms with van der Waals surface area (Å²) in [5.41, 5.74) is 0. The van der Waals surface area contributed by atoms with Crippen molar-refractivity contribution in [1.29, 1.82) is 0 Å². The predicted octanol–water partition coefficient (Wildman–Crippen LogP) is 2.81. The molecule has 3 heteroatoms. The summed E-state index contributed by atoms with van der Waals surface area (Å²) in [6.07, 6.45) is 10.2. The van der Waals surface area contributed by atoms with Crippen molar-refractivity contribution in [2.24, 2.45) is 5.92 Å². The van der Waals surface area contributed by atoms with E-state index in [0.717, 1.165) is 12.8 Å². The molecular weight excluding hydrogens is 226 g/mol. The van der Waals surface area contributed by atoms with Gasteiger partial charge in [-0.05, 0) is 25.2 Å². The molecule has 0 aromatic heterocycles. The summed E-state index contributed by atoms with van der Waals surface area (Å²) >= 11 is 0. The first-order chi connectivity index (χ1) is 8.56. The number of allylic oxidation sites excluding steroid dienone is 4. The molecule has 0 radical (unpaired) electrons. The Balaban J connectivity index is 3.64. The third-order valence-corrected chi connectivity index (χ3v) is 2.41. The molecule has 104 valence electrons. The number of hydrogen-bond donors (Lipinski definition) is 2. The van der Waals surface area contributed by atoms with Crippen molar-refractivity contribution in [3.8, 4) is 0 Å². The Morgan fingerprint density at radius 2 is 1.94 bits per heavy atom. The quantitative estimate of drug-likeness (QED) is 0.621. The first kappa shape index (κ1) is 16.9. The van der Waals surface area contributed by atoms with Gasteiger partial charge in [0.1, 0.15) is 0 Å². The number of carbonyl (C=O) groups excluding carboxylic acids is 1. The van der Waals surface area contributed by atoms with Gasteiger partial charge in [0, 0.05) is 6.54 Å². The molecule has 3 nitrogen and oxygen atoms in total.